The molecule has 22 heavy (non-hydrogen) atoms. The molecule has 0 unspecified atom stereocenters. The van der Waals surface area contributed by atoms with Crippen LogP contribution in [0.3, 0.4) is 0 Å². The Bertz CT molecular complexity index is 891. The molecule has 4 heteroatoms. The van der Waals surface area contributed by atoms with Crippen molar-refractivity contribution in [1.29, 1.82) is 0 Å². The summed E-state index contributed by atoms with van der Waals surface area (Å²) >= 11 is 0. The normalized spacial score (nSPS) is 11.6. The Morgan fingerprint density at radius 1 is 1.27 bits per heavy atom. The van der Waals surface area contributed by atoms with Crippen LogP contribution in [0.15, 0.2) is 30.5 Å². The molecule has 1 aromatic carbocycles. The third-order valence-electron chi connectivity index (χ3n) is 3.61. The first-order chi connectivity index (χ1) is 10.6. The fourth-order valence-electron chi connectivity index (χ4n) is 2.64. The number of aryl methyl sites for hydroxylation is 2. The average Bonchev–Trinajstić information content (AvgIpc) is 2.84. The van der Waals surface area contributed by atoms with Gasteiger partial charge in [-0.3, -0.25) is 0 Å². The summed E-state index contributed by atoms with van der Waals surface area (Å²) in [4.78, 5) is 19.2. The van der Waals surface area contributed by atoms with Gasteiger partial charge in [-0.25, -0.2) is 9.78 Å². The summed E-state index contributed by atoms with van der Waals surface area (Å²) < 4.78 is 4.91. The van der Waals surface area contributed by atoms with E-state index in [0.29, 0.717) is 6.61 Å². The van der Waals surface area contributed by atoms with Crippen molar-refractivity contribution in [1.82, 2.24) is 9.97 Å². The molecule has 0 saturated heterocycles. The van der Waals surface area contributed by atoms with Gasteiger partial charge < -0.3 is 9.72 Å². The second-order valence-electron chi connectivity index (χ2n) is 5.38. The number of fused-ring (bicyclic) bond motifs is 3. The molecule has 0 radical (unpaired) electrons. The predicted molar refractivity (Wildman–Crippen MR) is 88.7 cm³/mol. The second kappa shape index (κ2) is 5.64. The molecule has 112 valence electrons. The Kier molecular flexibility index (Phi) is 3.67. The summed E-state index contributed by atoms with van der Waals surface area (Å²) in [6, 6.07) is 6.23. The van der Waals surface area contributed by atoms with E-state index in [1.807, 2.05) is 26.1 Å². The van der Waals surface area contributed by atoms with Crippen LogP contribution in [-0.4, -0.2) is 22.5 Å². The molecule has 0 bridgehead atoms. The first kappa shape index (κ1) is 14.3. The topological polar surface area (TPSA) is 55.0 Å². The molecule has 0 aliphatic carbocycles. The smallest absolute Gasteiger partial charge is 0.330 e. The number of aromatic amines is 1. The SMILES string of the molecule is CCOC(=O)C=Cc1cc(C)c2[nH]c3ncc(C)cc3c2c1. The maximum atomic E-state index is 11.4. The van der Waals surface area contributed by atoms with E-state index >= 15 is 0 Å². The molecule has 0 aliphatic rings. The minimum absolute atomic E-state index is 0.323. The highest BCUT2D eigenvalue weighted by Crippen LogP contribution is 2.28. The lowest BCUT2D eigenvalue weighted by Gasteiger charge is -2.01. The molecule has 0 spiro atoms. The first-order valence-corrected chi connectivity index (χ1v) is 7.32. The van der Waals surface area contributed by atoms with Crippen LogP contribution >= 0.6 is 0 Å². The van der Waals surface area contributed by atoms with E-state index in [1.165, 1.54) is 6.08 Å². The van der Waals surface area contributed by atoms with Gasteiger partial charge in [0.2, 0.25) is 0 Å². The summed E-state index contributed by atoms with van der Waals surface area (Å²) in [5.74, 6) is -0.323. The van der Waals surface area contributed by atoms with Crippen molar-refractivity contribution in [3.63, 3.8) is 0 Å². The molecule has 3 aromatic rings. The Morgan fingerprint density at radius 3 is 2.86 bits per heavy atom. The van der Waals surface area contributed by atoms with E-state index in [-0.39, 0.29) is 5.97 Å². The van der Waals surface area contributed by atoms with Crippen molar-refractivity contribution in [2.24, 2.45) is 0 Å². The Balaban J connectivity index is 2.12. The van der Waals surface area contributed by atoms with E-state index < -0.39 is 0 Å². The van der Waals surface area contributed by atoms with E-state index in [9.17, 15) is 4.79 Å². The van der Waals surface area contributed by atoms with Crippen LogP contribution < -0.4 is 0 Å². The molecule has 3 rings (SSSR count). The summed E-state index contributed by atoms with van der Waals surface area (Å²) in [6.07, 6.45) is 5.10. The van der Waals surface area contributed by atoms with Crippen molar-refractivity contribution in [3.8, 4) is 0 Å². The van der Waals surface area contributed by atoms with Crippen molar-refractivity contribution < 1.29 is 9.53 Å². The maximum Gasteiger partial charge on any atom is 0.330 e. The quantitative estimate of drug-likeness (QED) is 0.588. The monoisotopic (exact) mass is 294 g/mol. The van der Waals surface area contributed by atoms with Gasteiger partial charge in [0, 0.05) is 23.0 Å². The number of H-pyrrole nitrogens is 1. The third-order valence-corrected chi connectivity index (χ3v) is 3.61. The highest BCUT2D eigenvalue weighted by atomic mass is 16.5. The molecule has 0 fully saturated rings. The maximum absolute atomic E-state index is 11.4. The fraction of sp³-hybridized carbons (Fsp3) is 0.222. The molecule has 0 atom stereocenters. The largest absolute Gasteiger partial charge is 0.463 e. The van der Waals surface area contributed by atoms with Gasteiger partial charge in [0.15, 0.2) is 0 Å². The molecular weight excluding hydrogens is 276 g/mol. The molecule has 4 nitrogen and oxygen atoms in total. The number of hydrogen-bond acceptors (Lipinski definition) is 3. The van der Waals surface area contributed by atoms with Gasteiger partial charge in [-0.05, 0) is 61.7 Å². The molecule has 0 aliphatic heterocycles. The molecule has 0 amide bonds. The Labute approximate surface area is 128 Å². The fourth-order valence-corrected chi connectivity index (χ4v) is 2.64. The lowest BCUT2D eigenvalue weighted by atomic mass is 10.0. The number of nitrogens with zero attached hydrogens (tertiary/aromatic N) is 1. The minimum Gasteiger partial charge on any atom is -0.463 e. The number of benzene rings is 1. The Morgan fingerprint density at radius 2 is 2.09 bits per heavy atom. The van der Waals surface area contributed by atoms with Crippen molar-refractivity contribution in [2.75, 3.05) is 6.61 Å². The molecule has 0 saturated carbocycles. The van der Waals surface area contributed by atoms with Crippen LogP contribution in [0.2, 0.25) is 0 Å². The zero-order valence-corrected chi connectivity index (χ0v) is 12.9. The number of hydrogen-bond donors (Lipinski definition) is 1. The van der Waals surface area contributed by atoms with Gasteiger partial charge in [-0.1, -0.05) is 0 Å². The lowest BCUT2D eigenvalue weighted by Crippen LogP contribution is -1.98. The van der Waals surface area contributed by atoms with E-state index in [0.717, 1.165) is 38.6 Å². The number of pyridine rings is 1. The zero-order chi connectivity index (χ0) is 15.7. The average molecular weight is 294 g/mol. The number of carbonyl (C=O) groups is 1. The summed E-state index contributed by atoms with van der Waals surface area (Å²) in [6.45, 7) is 6.26. The second-order valence-corrected chi connectivity index (χ2v) is 5.38. The van der Waals surface area contributed by atoms with Gasteiger partial charge in [0.25, 0.3) is 0 Å². The highest BCUT2D eigenvalue weighted by Gasteiger charge is 2.08. The number of ether oxygens (including phenoxy) is 1. The number of nitrogens with one attached hydrogen (secondary N) is 1. The van der Waals surface area contributed by atoms with E-state index in [2.05, 4.69) is 22.1 Å². The number of carbonyl (C=O) groups excluding carboxylic acids is 1. The van der Waals surface area contributed by atoms with Crippen molar-refractivity contribution in [2.45, 2.75) is 20.8 Å². The summed E-state index contributed by atoms with van der Waals surface area (Å²) in [5, 5.41) is 2.22. The van der Waals surface area contributed by atoms with Gasteiger partial charge in [0.1, 0.15) is 5.65 Å². The third kappa shape index (κ3) is 2.60. The van der Waals surface area contributed by atoms with Crippen molar-refractivity contribution in [3.05, 3.63) is 47.2 Å². The van der Waals surface area contributed by atoms with Gasteiger partial charge in [-0.15, -0.1) is 0 Å². The number of rotatable bonds is 3. The number of esters is 1. The molecular formula is C18H18N2O2. The van der Waals surface area contributed by atoms with Crippen LogP contribution in [0, 0.1) is 13.8 Å². The summed E-state index contributed by atoms with van der Waals surface area (Å²) in [7, 11) is 0. The lowest BCUT2D eigenvalue weighted by molar-refractivity contribution is -0.137. The van der Waals surface area contributed by atoms with Gasteiger partial charge >= 0.3 is 5.97 Å². The molecule has 2 aromatic heterocycles. The Hall–Kier alpha value is -2.62. The van der Waals surface area contributed by atoms with Gasteiger partial charge in [0.05, 0.1) is 12.1 Å². The highest BCUT2D eigenvalue weighted by molar-refractivity contribution is 6.08. The minimum atomic E-state index is -0.323. The zero-order valence-electron chi connectivity index (χ0n) is 12.9. The van der Waals surface area contributed by atoms with Crippen molar-refractivity contribution >= 4 is 34.0 Å². The first-order valence-electron chi connectivity index (χ1n) is 7.32. The summed E-state index contributed by atoms with van der Waals surface area (Å²) in [5.41, 5.74) is 5.19. The van der Waals surface area contributed by atoms with Gasteiger partial charge in [-0.2, -0.15) is 0 Å². The molecule has 1 N–H and O–H groups in total. The van der Waals surface area contributed by atoms with E-state index in [1.54, 1.807) is 13.0 Å². The van der Waals surface area contributed by atoms with Crippen LogP contribution in [0.1, 0.15) is 23.6 Å². The van der Waals surface area contributed by atoms with E-state index in [4.69, 9.17) is 4.74 Å². The standard InChI is InChI=1S/C18H18N2O2/c1-4-22-16(21)6-5-13-8-12(3)17-14(9-13)15-7-11(2)10-19-18(15)20-17/h5-10H,4H2,1-3H3,(H,19,20). The van der Waals surface area contributed by atoms with Crippen LogP contribution in [0.25, 0.3) is 28.0 Å². The molecule has 2 heterocycles. The van der Waals surface area contributed by atoms with Crippen LogP contribution in [0.4, 0.5) is 0 Å². The van der Waals surface area contributed by atoms with Crippen LogP contribution in [-0.2, 0) is 9.53 Å². The predicted octanol–water partition coefficient (Wildman–Crippen LogP) is 3.91. The van der Waals surface area contributed by atoms with Crippen LogP contribution in [0.5, 0.6) is 0 Å². The number of aromatic nitrogens is 2.